The first-order valence-electron chi connectivity index (χ1n) is 7.01. The summed E-state index contributed by atoms with van der Waals surface area (Å²) in [5.41, 5.74) is 5.55. The molecule has 21 heavy (non-hydrogen) atoms. The second kappa shape index (κ2) is 6.72. The standard InChI is InChI=1S/C16H24N2O3/c1-10(2)13(19)16(3,4)9-18-15(21)12-7-5-11(6-8-12)14(17)20/h5-8,10,13,19H,9H2,1-4H3,(H2,17,20)(H,18,21). The fourth-order valence-corrected chi connectivity index (χ4v) is 2.20. The summed E-state index contributed by atoms with van der Waals surface area (Å²) in [6, 6.07) is 6.15. The number of hydrogen-bond donors (Lipinski definition) is 3. The number of benzene rings is 1. The largest absolute Gasteiger partial charge is 0.392 e. The van der Waals surface area contributed by atoms with Crippen LogP contribution in [0.15, 0.2) is 24.3 Å². The van der Waals surface area contributed by atoms with E-state index in [1.807, 2.05) is 27.7 Å². The maximum atomic E-state index is 12.1. The lowest BCUT2D eigenvalue weighted by Gasteiger charge is -2.33. The molecule has 0 spiro atoms. The van der Waals surface area contributed by atoms with Crippen molar-refractivity contribution in [3.05, 3.63) is 35.4 Å². The number of aliphatic hydroxyl groups excluding tert-OH is 1. The van der Waals surface area contributed by atoms with Crippen molar-refractivity contribution in [1.29, 1.82) is 0 Å². The van der Waals surface area contributed by atoms with Crippen LogP contribution in [0.4, 0.5) is 0 Å². The molecule has 1 atom stereocenters. The zero-order chi connectivity index (χ0) is 16.2. The highest BCUT2D eigenvalue weighted by Crippen LogP contribution is 2.25. The molecule has 0 aliphatic rings. The summed E-state index contributed by atoms with van der Waals surface area (Å²) < 4.78 is 0. The van der Waals surface area contributed by atoms with Gasteiger partial charge in [-0.3, -0.25) is 9.59 Å². The number of hydrogen-bond acceptors (Lipinski definition) is 3. The molecule has 0 aromatic heterocycles. The molecule has 0 aliphatic heterocycles. The summed E-state index contributed by atoms with van der Waals surface area (Å²) in [7, 11) is 0. The van der Waals surface area contributed by atoms with Gasteiger partial charge in [0.25, 0.3) is 5.91 Å². The van der Waals surface area contributed by atoms with Gasteiger partial charge >= 0.3 is 0 Å². The van der Waals surface area contributed by atoms with E-state index in [9.17, 15) is 14.7 Å². The predicted octanol–water partition coefficient (Wildman–Crippen LogP) is 1.56. The third-order valence-electron chi connectivity index (χ3n) is 3.57. The van der Waals surface area contributed by atoms with Crippen LogP contribution in [-0.4, -0.2) is 29.6 Å². The van der Waals surface area contributed by atoms with Crippen molar-refractivity contribution in [3.63, 3.8) is 0 Å². The molecule has 116 valence electrons. The molecule has 0 aliphatic carbocycles. The smallest absolute Gasteiger partial charge is 0.251 e. The van der Waals surface area contributed by atoms with Crippen molar-refractivity contribution in [3.8, 4) is 0 Å². The van der Waals surface area contributed by atoms with Crippen molar-refractivity contribution in [2.45, 2.75) is 33.8 Å². The van der Waals surface area contributed by atoms with E-state index in [0.717, 1.165) is 0 Å². The fraction of sp³-hybridized carbons (Fsp3) is 0.500. The van der Waals surface area contributed by atoms with Gasteiger partial charge in [0, 0.05) is 23.1 Å². The average molecular weight is 292 g/mol. The third kappa shape index (κ3) is 4.56. The number of aliphatic hydroxyl groups is 1. The Morgan fingerprint density at radius 1 is 1.19 bits per heavy atom. The fourth-order valence-electron chi connectivity index (χ4n) is 2.20. The average Bonchev–Trinajstić information content (AvgIpc) is 2.43. The first-order chi connectivity index (χ1) is 9.65. The van der Waals surface area contributed by atoms with E-state index in [1.54, 1.807) is 12.1 Å². The van der Waals surface area contributed by atoms with Crippen LogP contribution in [0.25, 0.3) is 0 Å². The molecule has 5 heteroatoms. The monoisotopic (exact) mass is 292 g/mol. The molecule has 4 N–H and O–H groups in total. The SMILES string of the molecule is CC(C)C(O)C(C)(C)CNC(=O)c1ccc(C(N)=O)cc1. The van der Waals surface area contributed by atoms with Crippen LogP contribution in [0.2, 0.25) is 0 Å². The minimum atomic E-state index is -0.525. The predicted molar refractivity (Wildman–Crippen MR) is 81.9 cm³/mol. The van der Waals surface area contributed by atoms with Gasteiger partial charge in [-0.25, -0.2) is 0 Å². The van der Waals surface area contributed by atoms with Crippen LogP contribution in [-0.2, 0) is 0 Å². The van der Waals surface area contributed by atoms with E-state index < -0.39 is 17.4 Å². The summed E-state index contributed by atoms with van der Waals surface area (Å²) in [4.78, 5) is 23.0. The maximum absolute atomic E-state index is 12.1. The minimum absolute atomic E-state index is 0.117. The number of carbonyl (C=O) groups excluding carboxylic acids is 2. The van der Waals surface area contributed by atoms with Crippen molar-refractivity contribution < 1.29 is 14.7 Å². The van der Waals surface area contributed by atoms with Crippen LogP contribution >= 0.6 is 0 Å². The zero-order valence-electron chi connectivity index (χ0n) is 13.0. The molecule has 1 rings (SSSR count). The normalized spacial score (nSPS) is 13.0. The van der Waals surface area contributed by atoms with Crippen LogP contribution < -0.4 is 11.1 Å². The maximum Gasteiger partial charge on any atom is 0.251 e. The lowest BCUT2D eigenvalue weighted by atomic mass is 9.80. The summed E-state index contributed by atoms with van der Waals surface area (Å²) in [5.74, 6) is -0.648. The van der Waals surface area contributed by atoms with E-state index >= 15 is 0 Å². The summed E-state index contributed by atoms with van der Waals surface area (Å²) >= 11 is 0. The summed E-state index contributed by atoms with van der Waals surface area (Å²) in [6.07, 6.45) is -0.505. The topological polar surface area (TPSA) is 92.4 Å². The van der Waals surface area contributed by atoms with E-state index in [0.29, 0.717) is 17.7 Å². The van der Waals surface area contributed by atoms with Crippen LogP contribution in [0.1, 0.15) is 48.4 Å². The van der Waals surface area contributed by atoms with Crippen molar-refractivity contribution in [1.82, 2.24) is 5.32 Å². The van der Waals surface area contributed by atoms with Crippen molar-refractivity contribution in [2.75, 3.05) is 6.54 Å². The summed E-state index contributed by atoms with van der Waals surface area (Å²) in [6.45, 7) is 8.07. The minimum Gasteiger partial charge on any atom is -0.392 e. The van der Waals surface area contributed by atoms with Gasteiger partial charge in [0.2, 0.25) is 5.91 Å². The Morgan fingerprint density at radius 3 is 2.10 bits per heavy atom. The first kappa shape index (κ1) is 17.2. The molecular weight excluding hydrogens is 268 g/mol. The summed E-state index contributed by atoms with van der Waals surface area (Å²) in [5, 5.41) is 12.9. The van der Waals surface area contributed by atoms with Gasteiger partial charge in [0.15, 0.2) is 0 Å². The van der Waals surface area contributed by atoms with Gasteiger partial charge in [-0.05, 0) is 30.2 Å². The number of carbonyl (C=O) groups is 2. The quantitative estimate of drug-likeness (QED) is 0.743. The third-order valence-corrected chi connectivity index (χ3v) is 3.57. The highest BCUT2D eigenvalue weighted by molar-refractivity contribution is 5.97. The van der Waals surface area contributed by atoms with Crippen LogP contribution in [0.5, 0.6) is 0 Å². The highest BCUT2D eigenvalue weighted by Gasteiger charge is 2.30. The zero-order valence-corrected chi connectivity index (χ0v) is 13.0. The van der Waals surface area contributed by atoms with E-state index in [1.165, 1.54) is 12.1 Å². The molecule has 0 saturated carbocycles. The second-order valence-electron chi connectivity index (χ2n) is 6.30. The van der Waals surface area contributed by atoms with E-state index in [4.69, 9.17) is 5.73 Å². The second-order valence-corrected chi connectivity index (χ2v) is 6.30. The van der Waals surface area contributed by atoms with E-state index in [-0.39, 0.29) is 11.8 Å². The van der Waals surface area contributed by atoms with Crippen LogP contribution in [0.3, 0.4) is 0 Å². The Morgan fingerprint density at radius 2 is 1.67 bits per heavy atom. The molecule has 0 radical (unpaired) electrons. The molecule has 0 bridgehead atoms. The number of primary amides is 1. The Hall–Kier alpha value is -1.88. The van der Waals surface area contributed by atoms with Gasteiger partial charge in [-0.1, -0.05) is 27.7 Å². The molecule has 0 saturated heterocycles. The Bertz CT molecular complexity index is 507. The Labute approximate surface area is 125 Å². The number of rotatable bonds is 6. The molecule has 2 amide bonds. The Balaban J connectivity index is 2.67. The molecular formula is C16H24N2O3. The van der Waals surface area contributed by atoms with Gasteiger partial charge in [-0.2, -0.15) is 0 Å². The van der Waals surface area contributed by atoms with Gasteiger partial charge in [0.1, 0.15) is 0 Å². The molecule has 0 fully saturated rings. The molecule has 1 unspecified atom stereocenters. The molecule has 0 heterocycles. The molecule has 1 aromatic carbocycles. The first-order valence-corrected chi connectivity index (χ1v) is 7.01. The molecule has 1 aromatic rings. The van der Waals surface area contributed by atoms with Crippen LogP contribution in [0, 0.1) is 11.3 Å². The lowest BCUT2D eigenvalue weighted by Crippen LogP contribution is -2.43. The van der Waals surface area contributed by atoms with Crippen molar-refractivity contribution in [2.24, 2.45) is 17.1 Å². The number of nitrogens with two attached hydrogens (primary N) is 1. The molecule has 5 nitrogen and oxygen atoms in total. The van der Waals surface area contributed by atoms with Gasteiger partial charge in [-0.15, -0.1) is 0 Å². The van der Waals surface area contributed by atoms with Crippen molar-refractivity contribution >= 4 is 11.8 Å². The van der Waals surface area contributed by atoms with E-state index in [2.05, 4.69) is 5.32 Å². The van der Waals surface area contributed by atoms with Gasteiger partial charge < -0.3 is 16.2 Å². The Kier molecular flexibility index (Phi) is 5.49. The highest BCUT2D eigenvalue weighted by atomic mass is 16.3. The lowest BCUT2D eigenvalue weighted by molar-refractivity contribution is 0.0138. The number of amides is 2. The van der Waals surface area contributed by atoms with Gasteiger partial charge in [0.05, 0.1) is 6.10 Å². The number of nitrogens with one attached hydrogen (secondary N) is 1.